The Morgan fingerprint density at radius 2 is 1.54 bits per heavy atom. The van der Waals surface area contributed by atoms with Crippen LogP contribution in [0.25, 0.3) is 0 Å². The predicted octanol–water partition coefficient (Wildman–Crippen LogP) is 5.21. The lowest BCUT2D eigenvalue weighted by Crippen LogP contribution is -2.26. The predicted molar refractivity (Wildman–Crippen MR) is 90.6 cm³/mol. The summed E-state index contributed by atoms with van der Waals surface area (Å²) in [7, 11) is 0. The third-order valence-corrected chi connectivity index (χ3v) is 5.51. The molecule has 1 aromatic carbocycles. The van der Waals surface area contributed by atoms with Gasteiger partial charge in [-0.2, -0.15) is 0 Å². The molecule has 2 atom stereocenters. The van der Waals surface area contributed by atoms with Gasteiger partial charge >= 0.3 is 5.97 Å². The maximum absolute atomic E-state index is 14.5. The molecule has 1 fully saturated rings. The second-order valence-electron chi connectivity index (χ2n) is 7.60. The molecule has 2 rings (SSSR count). The van der Waals surface area contributed by atoms with Gasteiger partial charge in [0.05, 0.1) is 5.41 Å². The van der Waals surface area contributed by atoms with Crippen LogP contribution in [0.2, 0.25) is 0 Å². The molecule has 1 aliphatic carbocycles. The van der Waals surface area contributed by atoms with E-state index in [9.17, 15) is 27.5 Å². The minimum Gasteiger partial charge on any atom is -0.481 e. The molecule has 26 heavy (non-hydrogen) atoms. The van der Waals surface area contributed by atoms with Gasteiger partial charge in [-0.05, 0) is 32.1 Å². The van der Waals surface area contributed by atoms with Crippen molar-refractivity contribution in [3.05, 3.63) is 58.7 Å². The molecule has 0 spiro atoms. The Morgan fingerprint density at radius 3 is 1.92 bits per heavy atom. The third-order valence-electron chi connectivity index (χ3n) is 5.51. The summed E-state index contributed by atoms with van der Waals surface area (Å²) in [5.41, 5.74) is -3.12. The Balaban J connectivity index is 2.62. The van der Waals surface area contributed by atoms with Gasteiger partial charge in [0.1, 0.15) is 0 Å². The smallest absolute Gasteiger partial charge is 0.311 e. The molecular weight excluding hydrogens is 348 g/mol. The van der Waals surface area contributed by atoms with Crippen molar-refractivity contribution in [2.24, 2.45) is 16.7 Å². The lowest BCUT2D eigenvalue weighted by Gasteiger charge is -2.18. The number of benzene rings is 1. The van der Waals surface area contributed by atoms with E-state index >= 15 is 0 Å². The fraction of sp³-hybridized carbons (Fsp3) is 0.450. The lowest BCUT2D eigenvalue weighted by atomic mass is 9.87. The fourth-order valence-electron chi connectivity index (χ4n) is 3.88. The van der Waals surface area contributed by atoms with Gasteiger partial charge in [0.15, 0.2) is 23.3 Å². The number of rotatable bonds is 6. The summed E-state index contributed by atoms with van der Waals surface area (Å²) in [6.45, 7) is 10.2. The van der Waals surface area contributed by atoms with Gasteiger partial charge in [0, 0.05) is 17.0 Å². The maximum atomic E-state index is 14.5. The van der Waals surface area contributed by atoms with Crippen LogP contribution in [-0.4, -0.2) is 11.1 Å². The summed E-state index contributed by atoms with van der Waals surface area (Å²) in [6.07, 6.45) is 1.85. The summed E-state index contributed by atoms with van der Waals surface area (Å²) >= 11 is 0. The van der Waals surface area contributed by atoms with Gasteiger partial charge in [0.2, 0.25) is 0 Å². The van der Waals surface area contributed by atoms with Crippen molar-refractivity contribution in [3.8, 4) is 0 Å². The van der Waals surface area contributed by atoms with Gasteiger partial charge in [-0.1, -0.05) is 31.6 Å². The molecule has 0 saturated heterocycles. The third kappa shape index (κ3) is 2.75. The summed E-state index contributed by atoms with van der Waals surface area (Å²) in [5, 5.41) is 9.77. The van der Waals surface area contributed by atoms with Gasteiger partial charge in [0.25, 0.3) is 0 Å². The second-order valence-corrected chi connectivity index (χ2v) is 7.60. The van der Waals surface area contributed by atoms with Crippen LogP contribution in [0.15, 0.2) is 24.3 Å². The Kier molecular flexibility index (Phi) is 5.10. The van der Waals surface area contributed by atoms with Crippen molar-refractivity contribution >= 4 is 5.97 Å². The van der Waals surface area contributed by atoms with Crippen LogP contribution in [0.3, 0.4) is 0 Å². The zero-order valence-electron chi connectivity index (χ0n) is 15.2. The summed E-state index contributed by atoms with van der Waals surface area (Å²) in [5.74, 6) is -7.84. The minimum absolute atomic E-state index is 0.373. The van der Waals surface area contributed by atoms with E-state index in [1.807, 2.05) is 0 Å². The maximum Gasteiger partial charge on any atom is 0.311 e. The normalized spacial score (nSPS) is 23.5. The monoisotopic (exact) mass is 370 g/mol. The SMILES string of the molecule is C=CCc1c(F)c(F)c(C[C@@]2(C(=O)O)C(C=C(C)C)C2(C)C)c(F)c1F. The van der Waals surface area contributed by atoms with Crippen LogP contribution in [0.4, 0.5) is 17.6 Å². The van der Waals surface area contributed by atoms with Crippen molar-refractivity contribution in [1.29, 1.82) is 0 Å². The molecule has 0 radical (unpaired) electrons. The Bertz CT molecular complexity index is 778. The zero-order chi connectivity index (χ0) is 20.0. The molecule has 0 heterocycles. The highest BCUT2D eigenvalue weighted by molar-refractivity contribution is 5.82. The molecule has 1 N–H and O–H groups in total. The number of hydrogen-bond acceptors (Lipinski definition) is 1. The molecule has 1 aliphatic rings. The van der Waals surface area contributed by atoms with Gasteiger partial charge in [-0.25, -0.2) is 17.6 Å². The van der Waals surface area contributed by atoms with Crippen LogP contribution in [-0.2, 0) is 17.6 Å². The highest BCUT2D eigenvalue weighted by Crippen LogP contribution is 2.71. The van der Waals surface area contributed by atoms with Crippen molar-refractivity contribution in [2.75, 3.05) is 0 Å². The first-order valence-corrected chi connectivity index (χ1v) is 8.26. The average Bonchev–Trinajstić information content (AvgIpc) is 3.01. The summed E-state index contributed by atoms with van der Waals surface area (Å²) in [4.78, 5) is 12.0. The first-order chi connectivity index (χ1) is 11.9. The Morgan fingerprint density at radius 1 is 1.08 bits per heavy atom. The van der Waals surface area contributed by atoms with E-state index in [4.69, 9.17) is 0 Å². The first kappa shape index (κ1) is 20.2. The van der Waals surface area contributed by atoms with Crippen molar-refractivity contribution in [2.45, 2.75) is 40.5 Å². The minimum atomic E-state index is -1.54. The molecule has 1 unspecified atom stereocenters. The zero-order valence-corrected chi connectivity index (χ0v) is 15.2. The number of carbonyl (C=O) groups is 1. The van der Waals surface area contributed by atoms with Crippen LogP contribution < -0.4 is 0 Å². The average molecular weight is 370 g/mol. The van der Waals surface area contributed by atoms with E-state index in [1.165, 1.54) is 0 Å². The molecule has 1 saturated carbocycles. The lowest BCUT2D eigenvalue weighted by molar-refractivity contribution is -0.145. The van der Waals surface area contributed by atoms with E-state index in [0.717, 1.165) is 11.6 Å². The molecular formula is C20H22F4O2. The van der Waals surface area contributed by atoms with E-state index in [2.05, 4.69) is 6.58 Å². The number of aliphatic carboxylic acids is 1. The highest BCUT2D eigenvalue weighted by atomic mass is 19.2. The topological polar surface area (TPSA) is 37.3 Å². The van der Waals surface area contributed by atoms with E-state index in [0.29, 0.717) is 0 Å². The number of carboxylic acid groups (broad SMARTS) is 1. The Hall–Kier alpha value is -2.11. The van der Waals surface area contributed by atoms with Gasteiger partial charge in [-0.3, -0.25) is 4.79 Å². The largest absolute Gasteiger partial charge is 0.481 e. The van der Waals surface area contributed by atoms with Crippen molar-refractivity contribution in [3.63, 3.8) is 0 Å². The summed E-state index contributed by atoms with van der Waals surface area (Å²) in [6, 6.07) is 0. The second kappa shape index (κ2) is 6.56. The molecule has 1 aromatic rings. The standard InChI is InChI=1S/C20H22F4O2/c1-6-7-11-14(21)16(23)12(17(24)15(11)22)9-20(18(25)26)13(8-10(2)3)19(20,4)5/h6,8,13H,1,7,9H2,2-5H3,(H,25,26)/t13?,20-/m0/s1. The summed E-state index contributed by atoms with van der Waals surface area (Å²) < 4.78 is 57.3. The fourth-order valence-corrected chi connectivity index (χ4v) is 3.88. The van der Waals surface area contributed by atoms with Crippen LogP contribution in [0.5, 0.6) is 0 Å². The highest BCUT2D eigenvalue weighted by Gasteiger charge is 2.74. The Labute approximate surface area is 150 Å². The number of allylic oxidation sites excluding steroid dienone is 3. The van der Waals surface area contributed by atoms with Crippen molar-refractivity contribution in [1.82, 2.24) is 0 Å². The number of halogens is 4. The van der Waals surface area contributed by atoms with Crippen LogP contribution in [0, 0.1) is 40.0 Å². The molecule has 0 bridgehead atoms. The molecule has 0 amide bonds. The van der Waals surface area contributed by atoms with Crippen molar-refractivity contribution < 1.29 is 27.5 Å². The molecule has 0 aliphatic heterocycles. The number of carboxylic acids is 1. The van der Waals surface area contributed by atoms with Crippen LogP contribution in [0.1, 0.15) is 38.8 Å². The quantitative estimate of drug-likeness (QED) is 0.424. The van der Waals surface area contributed by atoms with Gasteiger partial charge in [-0.15, -0.1) is 6.58 Å². The van der Waals surface area contributed by atoms with E-state index in [-0.39, 0.29) is 6.42 Å². The molecule has 0 aromatic heterocycles. The van der Waals surface area contributed by atoms with Crippen LogP contribution >= 0.6 is 0 Å². The van der Waals surface area contributed by atoms with E-state index in [1.54, 1.807) is 33.8 Å². The van der Waals surface area contributed by atoms with Gasteiger partial charge < -0.3 is 5.11 Å². The molecule has 2 nitrogen and oxygen atoms in total. The molecule has 142 valence electrons. The first-order valence-electron chi connectivity index (χ1n) is 8.26. The van der Waals surface area contributed by atoms with E-state index < -0.39 is 63.5 Å². The molecule has 6 heteroatoms. The number of hydrogen-bond donors (Lipinski definition) is 1.